The number of pyridine rings is 1. The van der Waals surface area contributed by atoms with Gasteiger partial charge in [0.25, 0.3) is 0 Å². The number of rotatable bonds is 5. The van der Waals surface area contributed by atoms with Crippen LogP contribution in [-0.4, -0.2) is 4.98 Å². The van der Waals surface area contributed by atoms with Crippen LogP contribution in [0.1, 0.15) is 49.6 Å². The van der Waals surface area contributed by atoms with Crippen LogP contribution in [0.3, 0.4) is 0 Å². The molecular formula is C13H21N. The Morgan fingerprint density at radius 3 is 2.57 bits per heavy atom. The molecule has 0 spiro atoms. The molecule has 1 rings (SSSR count). The Morgan fingerprint density at radius 1 is 1.07 bits per heavy atom. The van der Waals surface area contributed by atoms with Crippen LogP contribution in [0.5, 0.6) is 0 Å². The molecule has 0 aliphatic carbocycles. The van der Waals surface area contributed by atoms with Crippen LogP contribution < -0.4 is 0 Å². The fraction of sp³-hybridized carbons (Fsp3) is 0.615. The zero-order chi connectivity index (χ0) is 10.4. The smallest absolute Gasteiger partial charge is 0.0435 e. The van der Waals surface area contributed by atoms with E-state index in [1.54, 1.807) is 0 Å². The van der Waals surface area contributed by atoms with Crippen molar-refractivity contribution in [2.75, 3.05) is 0 Å². The van der Waals surface area contributed by atoms with Crippen LogP contribution in [0, 0.1) is 13.8 Å². The molecular weight excluding hydrogens is 170 g/mol. The van der Waals surface area contributed by atoms with Crippen molar-refractivity contribution >= 4 is 0 Å². The largest absolute Gasteiger partial charge is 0.258 e. The maximum Gasteiger partial charge on any atom is 0.0435 e. The minimum Gasteiger partial charge on any atom is -0.258 e. The third-order valence-electron chi connectivity index (χ3n) is 2.61. The summed E-state index contributed by atoms with van der Waals surface area (Å²) in [5.74, 6) is 0. The molecule has 1 heterocycles. The van der Waals surface area contributed by atoms with Gasteiger partial charge in [0.1, 0.15) is 0 Å². The maximum absolute atomic E-state index is 4.57. The minimum absolute atomic E-state index is 1.14. The summed E-state index contributed by atoms with van der Waals surface area (Å²) in [7, 11) is 0. The Hall–Kier alpha value is -0.850. The van der Waals surface area contributed by atoms with Crippen molar-refractivity contribution in [3.05, 3.63) is 29.1 Å². The molecule has 1 aromatic heterocycles. The molecule has 0 unspecified atom stereocenters. The highest BCUT2D eigenvalue weighted by molar-refractivity contribution is 5.21. The Morgan fingerprint density at radius 2 is 1.86 bits per heavy atom. The lowest BCUT2D eigenvalue weighted by Gasteiger charge is -2.05. The predicted molar refractivity (Wildman–Crippen MR) is 61.6 cm³/mol. The van der Waals surface area contributed by atoms with Crippen molar-refractivity contribution in [1.82, 2.24) is 4.98 Å². The van der Waals surface area contributed by atoms with Gasteiger partial charge in [0.05, 0.1) is 0 Å². The Kier molecular flexibility index (Phi) is 4.64. The molecule has 1 heteroatoms. The minimum atomic E-state index is 1.14. The fourth-order valence-electron chi connectivity index (χ4n) is 1.65. The Bertz CT molecular complexity index is 279. The molecule has 0 saturated carbocycles. The van der Waals surface area contributed by atoms with Gasteiger partial charge in [-0.1, -0.05) is 32.3 Å². The Balaban J connectivity index is 2.45. The lowest BCUT2D eigenvalue weighted by molar-refractivity contribution is 0.658. The van der Waals surface area contributed by atoms with Crippen molar-refractivity contribution in [2.45, 2.75) is 52.9 Å². The molecule has 1 nitrogen and oxygen atoms in total. The SMILES string of the molecule is CCCCCCc1nc(C)ccc1C. The molecule has 0 fully saturated rings. The second-order valence-electron chi connectivity index (χ2n) is 4.03. The van der Waals surface area contributed by atoms with Crippen LogP contribution in [0.25, 0.3) is 0 Å². The molecule has 0 aliphatic rings. The third kappa shape index (κ3) is 3.49. The summed E-state index contributed by atoms with van der Waals surface area (Å²) in [6, 6.07) is 4.27. The molecule has 0 N–H and O–H groups in total. The van der Waals surface area contributed by atoms with E-state index >= 15 is 0 Å². The second-order valence-corrected chi connectivity index (χ2v) is 4.03. The standard InChI is InChI=1S/C13H21N/c1-4-5-6-7-8-13-11(2)9-10-12(3)14-13/h9-10H,4-8H2,1-3H3. The summed E-state index contributed by atoms with van der Waals surface area (Å²) in [5, 5.41) is 0. The van der Waals surface area contributed by atoms with Gasteiger partial charge in [0.15, 0.2) is 0 Å². The molecule has 1 aromatic rings. The van der Waals surface area contributed by atoms with E-state index < -0.39 is 0 Å². The van der Waals surface area contributed by atoms with Crippen LogP contribution in [0.2, 0.25) is 0 Å². The summed E-state index contributed by atoms with van der Waals surface area (Å²) in [4.78, 5) is 4.57. The van der Waals surface area contributed by atoms with Gasteiger partial charge in [-0.3, -0.25) is 4.98 Å². The molecule has 14 heavy (non-hydrogen) atoms. The van der Waals surface area contributed by atoms with Gasteiger partial charge in [0, 0.05) is 11.4 Å². The maximum atomic E-state index is 4.57. The van der Waals surface area contributed by atoms with E-state index in [2.05, 4.69) is 37.9 Å². The summed E-state index contributed by atoms with van der Waals surface area (Å²) < 4.78 is 0. The zero-order valence-electron chi connectivity index (χ0n) is 9.64. The first-order valence-corrected chi connectivity index (χ1v) is 5.67. The van der Waals surface area contributed by atoms with Crippen LogP contribution in [0.15, 0.2) is 12.1 Å². The average molecular weight is 191 g/mol. The number of hydrogen-bond donors (Lipinski definition) is 0. The first-order chi connectivity index (χ1) is 6.74. The van der Waals surface area contributed by atoms with E-state index in [1.807, 2.05) is 0 Å². The van der Waals surface area contributed by atoms with Gasteiger partial charge in [-0.15, -0.1) is 0 Å². The van der Waals surface area contributed by atoms with E-state index in [9.17, 15) is 0 Å². The highest BCUT2D eigenvalue weighted by Gasteiger charge is 1.99. The first-order valence-electron chi connectivity index (χ1n) is 5.67. The summed E-state index contributed by atoms with van der Waals surface area (Å²) in [5.41, 5.74) is 3.77. The van der Waals surface area contributed by atoms with E-state index in [0.717, 1.165) is 12.1 Å². The number of nitrogens with zero attached hydrogens (tertiary/aromatic N) is 1. The topological polar surface area (TPSA) is 12.9 Å². The van der Waals surface area contributed by atoms with Crippen molar-refractivity contribution < 1.29 is 0 Å². The van der Waals surface area contributed by atoms with E-state index in [0.29, 0.717) is 0 Å². The first kappa shape index (κ1) is 11.2. The normalized spacial score (nSPS) is 10.5. The molecule has 0 amide bonds. The van der Waals surface area contributed by atoms with Gasteiger partial charge < -0.3 is 0 Å². The molecule has 0 radical (unpaired) electrons. The molecule has 0 atom stereocenters. The van der Waals surface area contributed by atoms with Gasteiger partial charge in [-0.05, 0) is 38.3 Å². The lowest BCUT2D eigenvalue weighted by Crippen LogP contribution is -1.96. The third-order valence-corrected chi connectivity index (χ3v) is 2.61. The highest BCUT2D eigenvalue weighted by Crippen LogP contribution is 2.10. The van der Waals surface area contributed by atoms with Crippen molar-refractivity contribution in [3.8, 4) is 0 Å². The molecule has 0 aromatic carbocycles. The summed E-state index contributed by atoms with van der Waals surface area (Å²) >= 11 is 0. The van der Waals surface area contributed by atoms with Crippen molar-refractivity contribution in [1.29, 1.82) is 0 Å². The zero-order valence-corrected chi connectivity index (χ0v) is 9.64. The van der Waals surface area contributed by atoms with Crippen molar-refractivity contribution in [2.24, 2.45) is 0 Å². The van der Waals surface area contributed by atoms with Gasteiger partial charge in [0.2, 0.25) is 0 Å². The van der Waals surface area contributed by atoms with Crippen LogP contribution in [-0.2, 0) is 6.42 Å². The summed E-state index contributed by atoms with van der Waals surface area (Å²) in [6.07, 6.45) is 6.43. The van der Waals surface area contributed by atoms with Crippen molar-refractivity contribution in [3.63, 3.8) is 0 Å². The van der Waals surface area contributed by atoms with Gasteiger partial charge in [-0.25, -0.2) is 0 Å². The van der Waals surface area contributed by atoms with Gasteiger partial charge in [-0.2, -0.15) is 0 Å². The molecule has 0 aliphatic heterocycles. The number of hydrogen-bond acceptors (Lipinski definition) is 1. The van der Waals surface area contributed by atoms with E-state index in [4.69, 9.17) is 0 Å². The average Bonchev–Trinajstić information content (AvgIpc) is 2.18. The molecule has 0 saturated heterocycles. The van der Waals surface area contributed by atoms with Crippen LogP contribution in [0.4, 0.5) is 0 Å². The number of aryl methyl sites for hydroxylation is 3. The number of unbranched alkanes of at least 4 members (excludes halogenated alkanes) is 3. The quantitative estimate of drug-likeness (QED) is 0.645. The number of aromatic nitrogens is 1. The monoisotopic (exact) mass is 191 g/mol. The molecule has 0 bridgehead atoms. The van der Waals surface area contributed by atoms with E-state index in [1.165, 1.54) is 36.9 Å². The fourth-order valence-corrected chi connectivity index (χ4v) is 1.65. The summed E-state index contributed by atoms with van der Waals surface area (Å²) in [6.45, 7) is 6.47. The predicted octanol–water partition coefficient (Wildman–Crippen LogP) is 3.82. The van der Waals surface area contributed by atoms with Crippen LogP contribution >= 0.6 is 0 Å². The highest BCUT2D eigenvalue weighted by atomic mass is 14.7. The lowest BCUT2D eigenvalue weighted by atomic mass is 10.1. The molecule has 78 valence electrons. The van der Waals surface area contributed by atoms with E-state index in [-0.39, 0.29) is 0 Å². The van der Waals surface area contributed by atoms with Gasteiger partial charge >= 0.3 is 0 Å². The Labute approximate surface area is 87.6 Å². The second kappa shape index (κ2) is 5.79.